The highest BCUT2D eigenvalue weighted by Crippen LogP contribution is 1.88. The highest BCUT2D eigenvalue weighted by Gasteiger charge is 2.14. The average Bonchev–Trinajstić information content (AvgIpc) is 1.88. The smallest absolute Gasteiger partial charge is 0.138 e. The molecule has 0 spiro atoms. The lowest BCUT2D eigenvalue weighted by atomic mass is 10.2. The number of nitrogens with one attached hydrogen (secondary N) is 2. The zero-order valence-electron chi connectivity index (χ0n) is 5.55. The molecule has 1 saturated heterocycles. The number of carbonyl (C=O) groups excluding carboxylic acids is 1. The van der Waals surface area contributed by atoms with E-state index in [1.807, 2.05) is 0 Å². The Morgan fingerprint density at radius 2 is 2.33 bits per heavy atom. The Morgan fingerprint density at radius 3 is 2.78 bits per heavy atom. The van der Waals surface area contributed by atoms with Crippen molar-refractivity contribution in [2.24, 2.45) is 0 Å². The Morgan fingerprint density at radius 1 is 1.56 bits per heavy atom. The van der Waals surface area contributed by atoms with E-state index in [0.29, 0.717) is 6.04 Å². The average molecular weight is 128 g/mol. The lowest BCUT2D eigenvalue weighted by molar-refractivity contribution is -0.109. The molecule has 1 unspecified atom stereocenters. The number of piperazine rings is 1. The maximum absolute atomic E-state index is 10.2. The van der Waals surface area contributed by atoms with Gasteiger partial charge in [0, 0.05) is 19.1 Å². The van der Waals surface area contributed by atoms with Crippen LogP contribution in [0.15, 0.2) is 0 Å². The van der Waals surface area contributed by atoms with Gasteiger partial charge in [-0.3, -0.25) is 0 Å². The van der Waals surface area contributed by atoms with Crippen LogP contribution < -0.4 is 10.6 Å². The summed E-state index contributed by atoms with van der Waals surface area (Å²) in [6, 6.07) is 0.447. The summed E-state index contributed by atoms with van der Waals surface area (Å²) >= 11 is 0. The Kier molecular flexibility index (Phi) is 2.19. The summed E-state index contributed by atoms with van der Waals surface area (Å²) in [6.07, 6.45) is 0.947. The van der Waals surface area contributed by atoms with Gasteiger partial charge >= 0.3 is 0 Å². The minimum absolute atomic E-state index is 0.0220. The fraction of sp³-hybridized carbons (Fsp3) is 0.833. The monoisotopic (exact) mass is 128 g/mol. The van der Waals surface area contributed by atoms with Crippen LogP contribution in [0.5, 0.6) is 0 Å². The molecule has 0 radical (unpaired) electrons. The van der Waals surface area contributed by atoms with Gasteiger partial charge in [0.05, 0.1) is 6.04 Å². The summed E-state index contributed by atoms with van der Waals surface area (Å²) in [5.74, 6) is 0. The molecule has 3 nitrogen and oxygen atoms in total. The molecular weight excluding hydrogens is 116 g/mol. The normalized spacial score (nSPS) is 36.1. The molecule has 2 atom stereocenters. The molecule has 0 aliphatic carbocycles. The number of aldehydes is 1. The summed E-state index contributed by atoms with van der Waals surface area (Å²) in [6.45, 7) is 3.79. The molecule has 0 saturated carbocycles. The van der Waals surface area contributed by atoms with Gasteiger partial charge in [0.2, 0.25) is 0 Å². The van der Waals surface area contributed by atoms with Crippen molar-refractivity contribution < 1.29 is 4.79 Å². The molecule has 52 valence electrons. The third-order valence-corrected chi connectivity index (χ3v) is 1.48. The minimum atomic E-state index is 0.0220. The van der Waals surface area contributed by atoms with Crippen LogP contribution in [0.3, 0.4) is 0 Å². The van der Waals surface area contributed by atoms with Crippen molar-refractivity contribution in [2.45, 2.75) is 19.0 Å². The largest absolute Gasteiger partial charge is 0.313 e. The van der Waals surface area contributed by atoms with E-state index in [1.165, 1.54) is 0 Å². The van der Waals surface area contributed by atoms with Crippen molar-refractivity contribution in [3.63, 3.8) is 0 Å². The van der Waals surface area contributed by atoms with Gasteiger partial charge in [0.25, 0.3) is 0 Å². The Hall–Kier alpha value is -0.410. The zero-order chi connectivity index (χ0) is 6.69. The quantitative estimate of drug-likeness (QED) is 0.451. The van der Waals surface area contributed by atoms with Crippen molar-refractivity contribution in [1.82, 2.24) is 10.6 Å². The van der Waals surface area contributed by atoms with Crippen LogP contribution in [0.4, 0.5) is 0 Å². The first kappa shape index (κ1) is 6.71. The van der Waals surface area contributed by atoms with E-state index in [4.69, 9.17) is 0 Å². The molecular formula is C6H12N2O. The molecule has 3 heteroatoms. The van der Waals surface area contributed by atoms with Crippen LogP contribution in [0.25, 0.3) is 0 Å². The van der Waals surface area contributed by atoms with Crippen molar-refractivity contribution in [3.05, 3.63) is 0 Å². The van der Waals surface area contributed by atoms with E-state index in [-0.39, 0.29) is 6.04 Å². The van der Waals surface area contributed by atoms with Gasteiger partial charge < -0.3 is 15.4 Å². The lowest BCUT2D eigenvalue weighted by Crippen LogP contribution is -2.54. The molecule has 1 rings (SSSR count). The first-order valence-corrected chi connectivity index (χ1v) is 3.25. The van der Waals surface area contributed by atoms with E-state index >= 15 is 0 Å². The Bertz CT molecular complexity index is 105. The highest BCUT2D eigenvalue weighted by molar-refractivity contribution is 5.58. The fourth-order valence-corrected chi connectivity index (χ4v) is 1.03. The van der Waals surface area contributed by atoms with E-state index in [9.17, 15) is 4.79 Å². The summed E-state index contributed by atoms with van der Waals surface area (Å²) in [4.78, 5) is 10.2. The summed E-state index contributed by atoms with van der Waals surface area (Å²) < 4.78 is 0. The topological polar surface area (TPSA) is 41.1 Å². The molecule has 2 N–H and O–H groups in total. The van der Waals surface area contributed by atoms with Gasteiger partial charge in [-0.25, -0.2) is 0 Å². The predicted molar refractivity (Wildman–Crippen MR) is 35.3 cm³/mol. The molecule has 0 amide bonds. The molecule has 0 bridgehead atoms. The van der Waals surface area contributed by atoms with Crippen LogP contribution in [-0.2, 0) is 4.79 Å². The first-order valence-electron chi connectivity index (χ1n) is 3.25. The fourth-order valence-electron chi connectivity index (χ4n) is 1.03. The van der Waals surface area contributed by atoms with Crippen LogP contribution in [-0.4, -0.2) is 31.5 Å². The second-order valence-corrected chi connectivity index (χ2v) is 2.47. The van der Waals surface area contributed by atoms with Crippen molar-refractivity contribution >= 4 is 6.29 Å². The SMILES string of the molecule is C[C@H]1CNCC(C=O)N1. The maximum atomic E-state index is 10.2. The van der Waals surface area contributed by atoms with Crippen LogP contribution in [0.1, 0.15) is 6.92 Å². The lowest BCUT2D eigenvalue weighted by Gasteiger charge is -2.25. The van der Waals surface area contributed by atoms with E-state index in [0.717, 1.165) is 19.4 Å². The van der Waals surface area contributed by atoms with Crippen LogP contribution in [0.2, 0.25) is 0 Å². The molecule has 1 aliphatic rings. The second kappa shape index (κ2) is 2.94. The van der Waals surface area contributed by atoms with Crippen molar-refractivity contribution in [1.29, 1.82) is 0 Å². The molecule has 1 aliphatic heterocycles. The highest BCUT2D eigenvalue weighted by atomic mass is 16.1. The summed E-state index contributed by atoms with van der Waals surface area (Å²) in [7, 11) is 0. The van der Waals surface area contributed by atoms with E-state index in [1.54, 1.807) is 0 Å². The minimum Gasteiger partial charge on any atom is -0.313 e. The molecule has 1 fully saturated rings. The van der Waals surface area contributed by atoms with Gasteiger partial charge in [-0.15, -0.1) is 0 Å². The third-order valence-electron chi connectivity index (χ3n) is 1.48. The van der Waals surface area contributed by atoms with E-state index in [2.05, 4.69) is 17.6 Å². The van der Waals surface area contributed by atoms with Crippen molar-refractivity contribution in [3.8, 4) is 0 Å². The Balaban J connectivity index is 2.31. The maximum Gasteiger partial charge on any atom is 0.138 e. The first-order chi connectivity index (χ1) is 4.33. The molecule has 0 aromatic heterocycles. The molecule has 0 aromatic rings. The van der Waals surface area contributed by atoms with Gasteiger partial charge in [0.15, 0.2) is 0 Å². The van der Waals surface area contributed by atoms with Crippen molar-refractivity contribution in [2.75, 3.05) is 13.1 Å². The van der Waals surface area contributed by atoms with Gasteiger partial charge in [-0.2, -0.15) is 0 Å². The second-order valence-electron chi connectivity index (χ2n) is 2.47. The van der Waals surface area contributed by atoms with Gasteiger partial charge in [0.1, 0.15) is 6.29 Å². The number of hydrogen-bond donors (Lipinski definition) is 2. The molecule has 9 heavy (non-hydrogen) atoms. The standard InChI is InChI=1S/C6H12N2O/c1-5-2-7-3-6(4-9)8-5/h4-8H,2-3H2,1H3/t5-,6?/m0/s1. The molecule has 1 heterocycles. The summed E-state index contributed by atoms with van der Waals surface area (Å²) in [5, 5.41) is 6.28. The zero-order valence-corrected chi connectivity index (χ0v) is 5.55. The number of hydrogen-bond acceptors (Lipinski definition) is 3. The Labute approximate surface area is 54.8 Å². The van der Waals surface area contributed by atoms with Gasteiger partial charge in [-0.05, 0) is 6.92 Å². The van der Waals surface area contributed by atoms with Gasteiger partial charge in [-0.1, -0.05) is 0 Å². The molecule has 0 aromatic carbocycles. The summed E-state index contributed by atoms with van der Waals surface area (Å²) in [5.41, 5.74) is 0. The number of rotatable bonds is 1. The predicted octanol–water partition coefficient (Wildman–Crippen LogP) is -0.865. The number of carbonyl (C=O) groups is 1. The third kappa shape index (κ3) is 1.77. The van der Waals surface area contributed by atoms with Crippen LogP contribution >= 0.6 is 0 Å². The van der Waals surface area contributed by atoms with Crippen LogP contribution in [0, 0.1) is 0 Å². The van der Waals surface area contributed by atoms with E-state index < -0.39 is 0 Å².